The summed E-state index contributed by atoms with van der Waals surface area (Å²) in [5.74, 6) is -1.18. The lowest BCUT2D eigenvalue weighted by Gasteiger charge is -2.16. The van der Waals surface area contributed by atoms with Crippen LogP contribution in [-0.2, 0) is 29.1 Å². The minimum absolute atomic E-state index is 0.0258. The molecule has 0 fully saturated rings. The Kier molecular flexibility index (Phi) is 9.85. The van der Waals surface area contributed by atoms with Crippen LogP contribution in [0.2, 0.25) is 5.02 Å². The molecule has 0 heterocycles. The van der Waals surface area contributed by atoms with Gasteiger partial charge in [0.2, 0.25) is 5.91 Å². The third kappa shape index (κ3) is 7.56. The van der Waals surface area contributed by atoms with Crippen LogP contribution in [0, 0.1) is 5.82 Å². The molecule has 0 aliphatic carbocycles. The normalized spacial score (nSPS) is 11.5. The largest absolute Gasteiger partial charge is 0.593 e. The van der Waals surface area contributed by atoms with Gasteiger partial charge in [-0.3, -0.25) is 4.79 Å². The van der Waals surface area contributed by atoms with E-state index in [2.05, 4.69) is 10.0 Å². The van der Waals surface area contributed by atoms with Crippen LogP contribution in [-0.4, -0.2) is 35.8 Å². The summed E-state index contributed by atoms with van der Waals surface area (Å²) in [7, 11) is 3.05. The Morgan fingerprint density at radius 1 is 0.976 bits per heavy atom. The number of carboxylic acid groups (broad SMARTS) is 1. The van der Waals surface area contributed by atoms with Gasteiger partial charge < -0.3 is 24.4 Å². The van der Waals surface area contributed by atoms with Gasteiger partial charge >= 0.3 is 5.97 Å². The highest BCUT2D eigenvalue weighted by Crippen LogP contribution is 2.31. The van der Waals surface area contributed by atoms with Crippen molar-refractivity contribution in [2.45, 2.75) is 17.9 Å². The van der Waals surface area contributed by atoms with E-state index in [9.17, 15) is 23.6 Å². The number of halogens is 2. The molecule has 4 rings (SSSR count). The maximum Gasteiger partial charge on any atom is 0.335 e. The van der Waals surface area contributed by atoms with Crippen molar-refractivity contribution in [2.75, 3.05) is 19.5 Å². The molecule has 11 heteroatoms. The Labute approximate surface area is 244 Å². The number of anilines is 1. The van der Waals surface area contributed by atoms with E-state index in [4.69, 9.17) is 21.1 Å². The molecule has 1 unspecified atom stereocenters. The van der Waals surface area contributed by atoms with E-state index in [0.29, 0.717) is 27.6 Å². The van der Waals surface area contributed by atoms with Gasteiger partial charge in [0.1, 0.15) is 17.3 Å². The molecular weight excluding hydrogens is 571 g/mol. The number of ether oxygens (including phenoxy) is 2. The van der Waals surface area contributed by atoms with E-state index in [1.807, 2.05) is 0 Å². The fraction of sp³-hybridized carbons (Fsp3) is 0.133. The lowest BCUT2D eigenvalue weighted by Crippen LogP contribution is -2.24. The van der Waals surface area contributed by atoms with Crippen LogP contribution in [0.15, 0.2) is 83.8 Å². The molecule has 1 atom stereocenters. The third-order valence-electron chi connectivity index (χ3n) is 6.13. The zero-order valence-corrected chi connectivity index (χ0v) is 23.6. The summed E-state index contributed by atoms with van der Waals surface area (Å²) in [4.78, 5) is 24.6. The van der Waals surface area contributed by atoms with Gasteiger partial charge in [0.05, 0.1) is 44.1 Å². The summed E-state index contributed by atoms with van der Waals surface area (Å²) in [5, 5.41) is 12.6. The first kappa shape index (κ1) is 29.9. The van der Waals surface area contributed by atoms with Crippen LogP contribution in [0.4, 0.5) is 10.1 Å². The molecule has 0 saturated heterocycles. The molecule has 0 saturated carbocycles. The number of carbonyl (C=O) groups excluding carboxylic acids is 1. The summed E-state index contributed by atoms with van der Waals surface area (Å²) in [5.41, 5.74) is 1.65. The average Bonchev–Trinajstić information content (AvgIpc) is 2.96. The summed E-state index contributed by atoms with van der Waals surface area (Å²) in [6.07, 6.45) is -0.0271. The van der Waals surface area contributed by atoms with Crippen molar-refractivity contribution in [3.05, 3.63) is 106 Å². The van der Waals surface area contributed by atoms with Crippen LogP contribution in [0.5, 0.6) is 11.5 Å². The molecule has 4 aromatic rings. The minimum Gasteiger partial charge on any atom is -0.593 e. The van der Waals surface area contributed by atoms with Gasteiger partial charge in [0, 0.05) is 40.0 Å². The van der Waals surface area contributed by atoms with E-state index < -0.39 is 29.1 Å². The predicted molar refractivity (Wildman–Crippen MR) is 155 cm³/mol. The Balaban J connectivity index is 1.66. The second kappa shape index (κ2) is 13.5. The van der Waals surface area contributed by atoms with E-state index >= 15 is 0 Å². The molecule has 3 N–H and O–H groups in total. The van der Waals surface area contributed by atoms with Crippen LogP contribution in [0.25, 0.3) is 11.1 Å². The predicted octanol–water partition coefficient (Wildman–Crippen LogP) is 5.86. The molecule has 1 amide bonds. The number of benzene rings is 4. The number of methoxy groups -OCH3 is 2. The fourth-order valence-corrected chi connectivity index (χ4v) is 5.18. The Hall–Kier alpha value is -4.09. The average molecular weight is 597 g/mol. The van der Waals surface area contributed by atoms with Crippen molar-refractivity contribution in [2.24, 2.45) is 0 Å². The van der Waals surface area contributed by atoms with Crippen LogP contribution in [0.3, 0.4) is 0 Å². The van der Waals surface area contributed by atoms with E-state index in [1.165, 1.54) is 38.5 Å². The maximum absolute atomic E-state index is 14.9. The van der Waals surface area contributed by atoms with Crippen molar-refractivity contribution in [1.29, 1.82) is 0 Å². The molecule has 0 aliphatic rings. The molecule has 0 spiro atoms. The first-order chi connectivity index (χ1) is 19.7. The molecule has 8 nitrogen and oxygen atoms in total. The zero-order valence-electron chi connectivity index (χ0n) is 22.1. The van der Waals surface area contributed by atoms with Gasteiger partial charge in [-0.2, -0.15) is 0 Å². The van der Waals surface area contributed by atoms with Gasteiger partial charge in [-0.15, -0.1) is 4.72 Å². The van der Waals surface area contributed by atoms with Crippen molar-refractivity contribution in [1.82, 2.24) is 4.72 Å². The molecule has 0 aromatic heterocycles. The number of hydrogen-bond donors (Lipinski definition) is 3. The van der Waals surface area contributed by atoms with Crippen molar-refractivity contribution < 1.29 is 33.1 Å². The second-order valence-corrected chi connectivity index (χ2v) is 10.5. The SMILES string of the molecule is COc1ccc(CN[S+]([O-])c2cc(NC(=O)Cc3ccccc3Cl)cc(-c3cc(C(=O)O)ccc3F)c2)c(OC)c1. The third-order valence-corrected chi connectivity index (χ3v) is 7.56. The van der Waals surface area contributed by atoms with Crippen LogP contribution >= 0.6 is 11.6 Å². The van der Waals surface area contributed by atoms with Crippen LogP contribution < -0.4 is 19.5 Å². The number of carboxylic acids is 1. The van der Waals surface area contributed by atoms with Gasteiger partial charge in [-0.05, 0) is 47.5 Å². The number of carbonyl (C=O) groups is 2. The lowest BCUT2D eigenvalue weighted by atomic mass is 10.0. The number of nitrogens with one attached hydrogen (secondary N) is 2. The van der Waals surface area contributed by atoms with Gasteiger partial charge in [0.25, 0.3) is 0 Å². The highest BCUT2D eigenvalue weighted by molar-refractivity contribution is 7.89. The van der Waals surface area contributed by atoms with Crippen molar-refractivity contribution >= 4 is 40.5 Å². The fourth-order valence-electron chi connectivity index (χ4n) is 4.06. The Bertz CT molecular complexity index is 1580. The van der Waals surface area contributed by atoms with Gasteiger partial charge in [-0.1, -0.05) is 35.9 Å². The summed E-state index contributed by atoms with van der Waals surface area (Å²) >= 11 is 4.37. The first-order valence-corrected chi connectivity index (χ1v) is 13.8. The molecule has 0 bridgehead atoms. The molecule has 0 aliphatic heterocycles. The molecule has 4 aromatic carbocycles. The summed E-state index contributed by atoms with van der Waals surface area (Å²) in [6, 6.07) is 20.0. The monoisotopic (exact) mass is 596 g/mol. The highest BCUT2D eigenvalue weighted by atomic mass is 35.5. The summed E-state index contributed by atoms with van der Waals surface area (Å²) < 4.78 is 41.8. The minimum atomic E-state index is -1.82. The highest BCUT2D eigenvalue weighted by Gasteiger charge is 2.20. The molecule has 41 heavy (non-hydrogen) atoms. The lowest BCUT2D eigenvalue weighted by molar-refractivity contribution is -0.115. The second-order valence-electron chi connectivity index (χ2n) is 8.83. The quantitative estimate of drug-likeness (QED) is 0.186. The van der Waals surface area contributed by atoms with E-state index in [-0.39, 0.29) is 40.2 Å². The maximum atomic E-state index is 14.9. The number of rotatable bonds is 11. The summed E-state index contributed by atoms with van der Waals surface area (Å²) in [6.45, 7) is 0.154. The van der Waals surface area contributed by atoms with Crippen molar-refractivity contribution in [3.8, 4) is 22.6 Å². The Morgan fingerprint density at radius 2 is 1.76 bits per heavy atom. The number of aromatic carboxylic acids is 1. The zero-order chi connectivity index (χ0) is 29.5. The molecule has 212 valence electrons. The standard InChI is InChI=1S/C30H26ClFN2O6S/c1-39-23-9-7-20(28(16-23)40-2)17-33-41(38)24-12-21(25-13-19(30(36)37)8-10-27(25)32)11-22(15-24)34-29(35)14-18-5-3-4-6-26(18)31/h3-13,15-16,33H,14,17H2,1-2H3,(H,34,35)(H,36,37). The van der Waals surface area contributed by atoms with Crippen LogP contribution in [0.1, 0.15) is 21.5 Å². The Morgan fingerprint density at radius 3 is 2.46 bits per heavy atom. The number of amides is 1. The van der Waals surface area contributed by atoms with Gasteiger partial charge in [0.15, 0.2) is 4.90 Å². The van der Waals surface area contributed by atoms with E-state index in [1.54, 1.807) is 42.5 Å². The first-order valence-electron chi connectivity index (χ1n) is 12.3. The molecule has 0 radical (unpaired) electrons. The van der Waals surface area contributed by atoms with Crippen molar-refractivity contribution in [3.63, 3.8) is 0 Å². The smallest absolute Gasteiger partial charge is 0.335 e. The van der Waals surface area contributed by atoms with Gasteiger partial charge in [-0.25, -0.2) is 9.18 Å². The topological polar surface area (TPSA) is 120 Å². The number of hydrogen-bond acceptors (Lipinski definition) is 6. The molecular formula is C30H26ClFN2O6S. The van der Waals surface area contributed by atoms with E-state index in [0.717, 1.165) is 12.1 Å².